The van der Waals surface area contributed by atoms with Crippen molar-refractivity contribution in [3.8, 4) is 0 Å². The first-order chi connectivity index (χ1) is 8.90. The molecular formula is C15H24N2O2. The summed E-state index contributed by atoms with van der Waals surface area (Å²) in [6, 6.07) is 5.13. The molecule has 0 aromatic heterocycles. The van der Waals surface area contributed by atoms with Gasteiger partial charge in [0.15, 0.2) is 0 Å². The average Bonchev–Trinajstić information content (AvgIpc) is 2.31. The maximum absolute atomic E-state index is 10.8. The Morgan fingerprint density at radius 1 is 1.32 bits per heavy atom. The molecule has 0 aliphatic carbocycles. The highest BCUT2D eigenvalue weighted by atomic mass is 16.4. The molecule has 0 radical (unpaired) electrons. The van der Waals surface area contributed by atoms with Crippen LogP contribution in [0.4, 0.5) is 11.4 Å². The molecule has 4 heteroatoms. The smallest absolute Gasteiger partial charge is 0.335 e. The number of rotatable bonds is 7. The van der Waals surface area contributed by atoms with Crippen molar-refractivity contribution in [2.24, 2.45) is 5.92 Å². The van der Waals surface area contributed by atoms with Crippen molar-refractivity contribution < 1.29 is 9.90 Å². The van der Waals surface area contributed by atoms with Crippen LogP contribution >= 0.6 is 0 Å². The van der Waals surface area contributed by atoms with Gasteiger partial charge in [0.1, 0.15) is 0 Å². The normalized spacial score (nSPS) is 12.4. The summed E-state index contributed by atoms with van der Waals surface area (Å²) in [5.74, 6) is -0.227. The molecule has 0 fully saturated rings. The SMILES string of the molecule is CC(C)CCCC(C)Nc1ccc(C(=O)O)cc1N. The second-order valence-corrected chi connectivity index (χ2v) is 5.48. The van der Waals surface area contributed by atoms with Gasteiger partial charge in [0, 0.05) is 6.04 Å². The van der Waals surface area contributed by atoms with Gasteiger partial charge in [0.25, 0.3) is 0 Å². The molecule has 1 unspecified atom stereocenters. The summed E-state index contributed by atoms with van der Waals surface area (Å²) in [6.07, 6.45) is 3.48. The van der Waals surface area contributed by atoms with Crippen LogP contribution in [-0.4, -0.2) is 17.1 Å². The van der Waals surface area contributed by atoms with Gasteiger partial charge in [-0.25, -0.2) is 4.79 Å². The minimum absolute atomic E-state index is 0.218. The van der Waals surface area contributed by atoms with E-state index in [1.807, 2.05) is 0 Å². The van der Waals surface area contributed by atoms with E-state index in [0.717, 1.165) is 18.0 Å². The standard InChI is InChI=1S/C15H24N2O2/c1-10(2)5-4-6-11(3)17-14-8-7-12(15(18)19)9-13(14)16/h7-11,17H,4-6,16H2,1-3H3,(H,18,19). The molecule has 0 saturated heterocycles. The number of hydrogen-bond donors (Lipinski definition) is 3. The van der Waals surface area contributed by atoms with Crippen LogP contribution in [0.5, 0.6) is 0 Å². The number of aromatic carboxylic acids is 1. The van der Waals surface area contributed by atoms with Crippen molar-refractivity contribution in [1.82, 2.24) is 0 Å². The van der Waals surface area contributed by atoms with Crippen molar-refractivity contribution >= 4 is 17.3 Å². The van der Waals surface area contributed by atoms with Gasteiger partial charge in [-0.3, -0.25) is 0 Å². The van der Waals surface area contributed by atoms with Crippen molar-refractivity contribution in [3.05, 3.63) is 23.8 Å². The lowest BCUT2D eigenvalue weighted by molar-refractivity contribution is 0.0697. The van der Waals surface area contributed by atoms with Crippen LogP contribution in [0.25, 0.3) is 0 Å². The molecule has 4 nitrogen and oxygen atoms in total. The first-order valence-corrected chi connectivity index (χ1v) is 6.79. The van der Waals surface area contributed by atoms with Crippen LogP contribution in [0, 0.1) is 5.92 Å². The van der Waals surface area contributed by atoms with E-state index in [-0.39, 0.29) is 5.56 Å². The third kappa shape index (κ3) is 5.20. The molecule has 1 atom stereocenters. The quantitative estimate of drug-likeness (QED) is 0.658. The number of anilines is 2. The summed E-state index contributed by atoms with van der Waals surface area (Å²) in [5, 5.41) is 12.2. The predicted octanol–water partition coefficient (Wildman–Crippen LogP) is 3.59. The summed E-state index contributed by atoms with van der Waals surface area (Å²) in [4.78, 5) is 10.8. The van der Waals surface area contributed by atoms with Crippen molar-refractivity contribution in [1.29, 1.82) is 0 Å². The average molecular weight is 264 g/mol. The van der Waals surface area contributed by atoms with Gasteiger partial charge in [-0.05, 0) is 37.5 Å². The molecule has 0 heterocycles. The van der Waals surface area contributed by atoms with Crippen molar-refractivity contribution in [2.75, 3.05) is 11.1 Å². The molecule has 0 bridgehead atoms. The van der Waals surface area contributed by atoms with E-state index in [1.54, 1.807) is 12.1 Å². The second kappa shape index (κ2) is 7.02. The molecule has 4 N–H and O–H groups in total. The molecule has 0 spiro atoms. The Hall–Kier alpha value is -1.71. The Balaban J connectivity index is 2.54. The first-order valence-electron chi connectivity index (χ1n) is 6.79. The Labute approximate surface area is 115 Å². The topological polar surface area (TPSA) is 75.3 Å². The zero-order valence-corrected chi connectivity index (χ0v) is 11.9. The van der Waals surface area contributed by atoms with Gasteiger partial charge in [-0.15, -0.1) is 0 Å². The Bertz CT molecular complexity index is 430. The third-order valence-electron chi connectivity index (χ3n) is 3.12. The third-order valence-corrected chi connectivity index (χ3v) is 3.12. The van der Waals surface area contributed by atoms with E-state index in [4.69, 9.17) is 10.8 Å². The molecular weight excluding hydrogens is 240 g/mol. The van der Waals surface area contributed by atoms with Crippen LogP contribution in [0.15, 0.2) is 18.2 Å². The second-order valence-electron chi connectivity index (χ2n) is 5.48. The van der Waals surface area contributed by atoms with E-state index in [1.165, 1.54) is 18.9 Å². The molecule has 0 aliphatic heterocycles. The molecule has 1 aromatic carbocycles. The number of nitrogens with one attached hydrogen (secondary N) is 1. The largest absolute Gasteiger partial charge is 0.478 e. The van der Waals surface area contributed by atoms with Crippen LogP contribution in [-0.2, 0) is 0 Å². The van der Waals surface area contributed by atoms with E-state index in [0.29, 0.717) is 11.7 Å². The molecule has 0 amide bonds. The molecule has 0 saturated carbocycles. The number of benzene rings is 1. The van der Waals surface area contributed by atoms with Gasteiger partial charge in [-0.1, -0.05) is 26.7 Å². The Kier molecular flexibility index (Phi) is 5.67. The van der Waals surface area contributed by atoms with Crippen LogP contribution in [0.1, 0.15) is 50.4 Å². The van der Waals surface area contributed by atoms with Gasteiger partial charge >= 0.3 is 5.97 Å². The molecule has 19 heavy (non-hydrogen) atoms. The predicted molar refractivity (Wildman–Crippen MR) is 79.6 cm³/mol. The number of carboxylic acids is 1. The minimum atomic E-state index is -0.955. The summed E-state index contributed by atoms with van der Waals surface area (Å²) >= 11 is 0. The Morgan fingerprint density at radius 2 is 2.00 bits per heavy atom. The van der Waals surface area contributed by atoms with Gasteiger partial charge in [-0.2, -0.15) is 0 Å². The number of carboxylic acid groups (broad SMARTS) is 1. The number of carbonyl (C=O) groups is 1. The van der Waals surface area contributed by atoms with Gasteiger partial charge in [0.05, 0.1) is 16.9 Å². The van der Waals surface area contributed by atoms with Crippen LogP contribution < -0.4 is 11.1 Å². The van der Waals surface area contributed by atoms with E-state index < -0.39 is 5.97 Å². The highest BCUT2D eigenvalue weighted by Gasteiger charge is 2.08. The summed E-state index contributed by atoms with van der Waals surface area (Å²) in [6.45, 7) is 6.56. The molecule has 0 aliphatic rings. The maximum Gasteiger partial charge on any atom is 0.335 e. The maximum atomic E-state index is 10.8. The van der Waals surface area contributed by atoms with Crippen LogP contribution in [0.2, 0.25) is 0 Å². The fourth-order valence-corrected chi connectivity index (χ4v) is 2.00. The highest BCUT2D eigenvalue weighted by Crippen LogP contribution is 2.22. The van der Waals surface area contributed by atoms with E-state index >= 15 is 0 Å². The minimum Gasteiger partial charge on any atom is -0.478 e. The van der Waals surface area contributed by atoms with Crippen LogP contribution in [0.3, 0.4) is 0 Å². The zero-order valence-electron chi connectivity index (χ0n) is 11.9. The first kappa shape index (κ1) is 15.3. The summed E-state index contributed by atoms with van der Waals surface area (Å²) < 4.78 is 0. The monoisotopic (exact) mass is 264 g/mol. The molecule has 1 rings (SSSR count). The fraction of sp³-hybridized carbons (Fsp3) is 0.533. The van der Waals surface area contributed by atoms with E-state index in [9.17, 15) is 4.79 Å². The Morgan fingerprint density at radius 3 is 2.53 bits per heavy atom. The molecule has 1 aromatic rings. The zero-order chi connectivity index (χ0) is 14.4. The van der Waals surface area contributed by atoms with Gasteiger partial charge in [0.2, 0.25) is 0 Å². The lowest BCUT2D eigenvalue weighted by Crippen LogP contribution is -2.16. The lowest BCUT2D eigenvalue weighted by atomic mass is 10.0. The summed E-state index contributed by atoms with van der Waals surface area (Å²) in [5.41, 5.74) is 7.37. The number of hydrogen-bond acceptors (Lipinski definition) is 3. The fourth-order valence-electron chi connectivity index (χ4n) is 2.00. The number of nitrogens with two attached hydrogens (primary N) is 1. The molecule has 106 valence electrons. The van der Waals surface area contributed by atoms with Crippen molar-refractivity contribution in [2.45, 2.75) is 46.1 Å². The summed E-state index contributed by atoms with van der Waals surface area (Å²) in [7, 11) is 0. The lowest BCUT2D eigenvalue weighted by Gasteiger charge is -2.17. The van der Waals surface area contributed by atoms with E-state index in [2.05, 4.69) is 26.1 Å². The highest BCUT2D eigenvalue weighted by molar-refractivity contribution is 5.90. The van der Waals surface area contributed by atoms with Crippen molar-refractivity contribution in [3.63, 3.8) is 0 Å². The number of nitrogen functional groups attached to an aromatic ring is 1. The van der Waals surface area contributed by atoms with Gasteiger partial charge < -0.3 is 16.2 Å².